The number of ether oxygens (including phenoxy) is 1. The molecule has 4 rings (SSSR count). The molecule has 2 aromatic carbocycles. The summed E-state index contributed by atoms with van der Waals surface area (Å²) < 4.78 is 5.41. The van der Waals surface area contributed by atoms with Gasteiger partial charge in [-0.15, -0.1) is 11.3 Å². The smallest absolute Gasteiger partial charge is 0.410 e. The van der Waals surface area contributed by atoms with Crippen LogP contribution in [0, 0.1) is 0 Å². The van der Waals surface area contributed by atoms with E-state index in [1.807, 2.05) is 54.6 Å². The fourth-order valence-corrected chi connectivity index (χ4v) is 4.47. The van der Waals surface area contributed by atoms with Crippen molar-refractivity contribution in [3.05, 3.63) is 81.8 Å². The number of thiazole rings is 1. The van der Waals surface area contributed by atoms with Crippen LogP contribution < -0.4 is 5.32 Å². The van der Waals surface area contributed by atoms with Gasteiger partial charge in [0, 0.05) is 29.1 Å². The van der Waals surface area contributed by atoms with Gasteiger partial charge >= 0.3 is 6.09 Å². The Labute approximate surface area is 189 Å². The molecule has 2 heterocycles. The first-order chi connectivity index (χ1) is 15.1. The highest BCUT2D eigenvalue weighted by atomic mass is 35.5. The lowest BCUT2D eigenvalue weighted by molar-refractivity contribution is -0.120. The number of nitrogens with one attached hydrogen (secondary N) is 1. The van der Waals surface area contributed by atoms with E-state index in [1.165, 1.54) is 16.2 Å². The minimum absolute atomic E-state index is 0.186. The molecule has 1 aliphatic rings. The SMILES string of the molecule is O=C(Nc1ncc(Cc2ccc(Cl)cc2)s1)C1CCCN1C(=O)OCc1ccccc1. The highest BCUT2D eigenvalue weighted by Gasteiger charge is 2.35. The fraction of sp³-hybridized carbons (Fsp3) is 0.261. The van der Waals surface area contributed by atoms with Crippen LogP contribution in [0.1, 0.15) is 28.8 Å². The average molecular weight is 456 g/mol. The van der Waals surface area contributed by atoms with Gasteiger partial charge < -0.3 is 10.1 Å². The monoisotopic (exact) mass is 455 g/mol. The van der Waals surface area contributed by atoms with Gasteiger partial charge in [0.2, 0.25) is 5.91 Å². The second-order valence-electron chi connectivity index (χ2n) is 7.32. The van der Waals surface area contributed by atoms with Crippen molar-refractivity contribution in [2.75, 3.05) is 11.9 Å². The summed E-state index contributed by atoms with van der Waals surface area (Å²) in [6.45, 7) is 0.691. The quantitative estimate of drug-likeness (QED) is 0.559. The van der Waals surface area contributed by atoms with Crippen LogP contribution in [-0.4, -0.2) is 34.5 Å². The summed E-state index contributed by atoms with van der Waals surface area (Å²) in [5.74, 6) is -0.235. The number of likely N-dealkylation sites (tertiary alicyclic amines) is 1. The van der Waals surface area contributed by atoms with Gasteiger partial charge in [0.15, 0.2) is 5.13 Å². The summed E-state index contributed by atoms with van der Waals surface area (Å²) in [4.78, 5) is 32.2. The van der Waals surface area contributed by atoms with Crippen molar-refractivity contribution in [3.8, 4) is 0 Å². The van der Waals surface area contributed by atoms with Gasteiger partial charge in [0.1, 0.15) is 12.6 Å². The van der Waals surface area contributed by atoms with E-state index in [0.717, 1.165) is 22.4 Å². The molecule has 1 atom stereocenters. The first-order valence-corrected chi connectivity index (χ1v) is 11.3. The summed E-state index contributed by atoms with van der Waals surface area (Å²) in [6, 6.07) is 16.6. The lowest BCUT2D eigenvalue weighted by Gasteiger charge is -2.22. The van der Waals surface area contributed by atoms with Gasteiger partial charge in [-0.1, -0.05) is 54.1 Å². The molecule has 6 nitrogen and oxygen atoms in total. The third-order valence-corrected chi connectivity index (χ3v) is 6.24. The summed E-state index contributed by atoms with van der Waals surface area (Å²) >= 11 is 7.35. The molecule has 1 aliphatic heterocycles. The zero-order chi connectivity index (χ0) is 21.6. The van der Waals surface area contributed by atoms with Crippen LogP contribution in [0.5, 0.6) is 0 Å². The standard InChI is InChI=1S/C23H22ClN3O3S/c24-18-10-8-16(9-11-18)13-19-14-25-22(31-19)26-21(28)20-7-4-12-27(20)23(29)30-15-17-5-2-1-3-6-17/h1-3,5-6,8-11,14,20H,4,7,12-13,15H2,(H,25,26,28). The van der Waals surface area contributed by atoms with Gasteiger partial charge in [-0.05, 0) is 36.1 Å². The summed E-state index contributed by atoms with van der Waals surface area (Å²) in [7, 11) is 0. The number of nitrogens with zero attached hydrogens (tertiary/aromatic N) is 2. The number of anilines is 1. The number of rotatable bonds is 6. The zero-order valence-corrected chi connectivity index (χ0v) is 18.4. The Hall–Kier alpha value is -2.90. The second-order valence-corrected chi connectivity index (χ2v) is 8.87. The molecular weight excluding hydrogens is 434 g/mol. The first-order valence-electron chi connectivity index (χ1n) is 10.1. The number of hydrogen-bond donors (Lipinski definition) is 1. The van der Waals surface area contributed by atoms with Crippen molar-refractivity contribution < 1.29 is 14.3 Å². The fourth-order valence-electron chi connectivity index (χ4n) is 3.50. The Morgan fingerprint density at radius 3 is 2.68 bits per heavy atom. The molecule has 0 radical (unpaired) electrons. The molecule has 0 bridgehead atoms. The summed E-state index contributed by atoms with van der Waals surface area (Å²) in [5.41, 5.74) is 2.03. The van der Waals surface area contributed by atoms with Crippen molar-refractivity contribution >= 4 is 40.1 Å². The van der Waals surface area contributed by atoms with Gasteiger partial charge in [0.05, 0.1) is 0 Å². The molecule has 8 heteroatoms. The van der Waals surface area contributed by atoms with Crippen LogP contribution in [0.2, 0.25) is 5.02 Å². The molecule has 1 aromatic heterocycles. The van der Waals surface area contributed by atoms with E-state index in [2.05, 4.69) is 10.3 Å². The maximum absolute atomic E-state index is 12.8. The molecule has 160 valence electrons. The van der Waals surface area contributed by atoms with Crippen LogP contribution in [0.15, 0.2) is 60.8 Å². The topological polar surface area (TPSA) is 71.5 Å². The Bertz CT molecular complexity index is 1040. The Morgan fingerprint density at radius 2 is 1.90 bits per heavy atom. The van der Waals surface area contributed by atoms with Crippen LogP contribution >= 0.6 is 22.9 Å². The third-order valence-electron chi connectivity index (χ3n) is 5.07. The van der Waals surface area contributed by atoms with Crippen LogP contribution in [0.4, 0.5) is 9.93 Å². The number of aromatic nitrogens is 1. The van der Waals surface area contributed by atoms with Crippen molar-refractivity contribution in [3.63, 3.8) is 0 Å². The summed E-state index contributed by atoms with van der Waals surface area (Å²) in [5, 5.41) is 4.08. The van der Waals surface area contributed by atoms with E-state index in [9.17, 15) is 9.59 Å². The van der Waals surface area contributed by atoms with E-state index < -0.39 is 12.1 Å². The van der Waals surface area contributed by atoms with Crippen LogP contribution in [-0.2, 0) is 22.6 Å². The van der Waals surface area contributed by atoms with E-state index in [-0.39, 0.29) is 12.5 Å². The van der Waals surface area contributed by atoms with Crippen molar-refractivity contribution in [1.82, 2.24) is 9.88 Å². The largest absolute Gasteiger partial charge is 0.445 e. The number of carbonyl (C=O) groups is 2. The van der Waals surface area contributed by atoms with Crippen molar-refractivity contribution in [2.45, 2.75) is 31.9 Å². The number of benzene rings is 2. The Kier molecular flexibility index (Phi) is 6.84. The van der Waals surface area contributed by atoms with E-state index in [1.54, 1.807) is 6.20 Å². The van der Waals surface area contributed by atoms with Crippen molar-refractivity contribution in [1.29, 1.82) is 0 Å². The first kappa shape index (κ1) is 21.3. The van der Waals surface area contributed by atoms with Gasteiger partial charge in [-0.25, -0.2) is 9.78 Å². The number of hydrogen-bond acceptors (Lipinski definition) is 5. The van der Waals surface area contributed by atoms with Gasteiger partial charge in [-0.3, -0.25) is 9.69 Å². The van der Waals surface area contributed by atoms with Crippen LogP contribution in [0.3, 0.4) is 0 Å². The molecule has 1 saturated heterocycles. The average Bonchev–Trinajstić information content (AvgIpc) is 3.44. The zero-order valence-electron chi connectivity index (χ0n) is 16.8. The molecule has 0 aliphatic carbocycles. The van der Waals surface area contributed by atoms with Crippen molar-refractivity contribution in [2.24, 2.45) is 0 Å². The molecule has 0 saturated carbocycles. The van der Waals surface area contributed by atoms with E-state index in [0.29, 0.717) is 29.5 Å². The number of carbonyl (C=O) groups excluding carboxylic acids is 2. The van der Waals surface area contributed by atoms with Crippen LogP contribution in [0.25, 0.3) is 0 Å². The normalized spacial score (nSPS) is 15.6. The maximum Gasteiger partial charge on any atom is 0.410 e. The predicted molar refractivity (Wildman–Crippen MR) is 121 cm³/mol. The Morgan fingerprint density at radius 1 is 1.13 bits per heavy atom. The minimum Gasteiger partial charge on any atom is -0.445 e. The third kappa shape index (κ3) is 5.62. The molecule has 3 aromatic rings. The maximum atomic E-state index is 12.8. The lowest BCUT2D eigenvalue weighted by atomic mass is 10.1. The molecular formula is C23H22ClN3O3S. The molecule has 1 unspecified atom stereocenters. The lowest BCUT2D eigenvalue weighted by Crippen LogP contribution is -2.43. The number of amides is 2. The predicted octanol–water partition coefficient (Wildman–Crippen LogP) is 5.13. The molecule has 2 amide bonds. The second kappa shape index (κ2) is 9.94. The van der Waals surface area contributed by atoms with Gasteiger partial charge in [0.25, 0.3) is 0 Å². The van der Waals surface area contributed by atoms with Gasteiger partial charge in [-0.2, -0.15) is 0 Å². The molecule has 1 N–H and O–H groups in total. The highest BCUT2D eigenvalue weighted by molar-refractivity contribution is 7.15. The Balaban J connectivity index is 1.32. The van der Waals surface area contributed by atoms with E-state index in [4.69, 9.17) is 16.3 Å². The molecule has 1 fully saturated rings. The molecule has 31 heavy (non-hydrogen) atoms. The summed E-state index contributed by atoms with van der Waals surface area (Å²) in [6.07, 6.45) is 3.37. The minimum atomic E-state index is -0.549. The molecule has 0 spiro atoms. The highest BCUT2D eigenvalue weighted by Crippen LogP contribution is 2.25. The number of halogens is 1. The van der Waals surface area contributed by atoms with E-state index >= 15 is 0 Å².